The van der Waals surface area contributed by atoms with Crippen molar-refractivity contribution < 1.29 is 18.4 Å². The first-order chi connectivity index (χ1) is 10.5. The minimum atomic E-state index is -0.612. The van der Waals surface area contributed by atoms with Crippen molar-refractivity contribution >= 4 is 29.0 Å². The molecular formula is C16H10ClF2NO2. The molecule has 0 fully saturated rings. The second-order valence-corrected chi connectivity index (χ2v) is 5.36. The first-order valence-electron chi connectivity index (χ1n) is 6.58. The van der Waals surface area contributed by atoms with Gasteiger partial charge in [-0.25, -0.2) is 8.78 Å². The number of hydrogen-bond acceptors (Lipinski definition) is 2. The topological polar surface area (TPSA) is 46.2 Å². The van der Waals surface area contributed by atoms with Gasteiger partial charge in [0.05, 0.1) is 10.6 Å². The zero-order valence-electron chi connectivity index (χ0n) is 11.3. The highest BCUT2D eigenvalue weighted by atomic mass is 35.5. The van der Waals surface area contributed by atoms with Gasteiger partial charge in [-0.15, -0.1) is 0 Å². The van der Waals surface area contributed by atoms with E-state index in [4.69, 9.17) is 11.6 Å². The third kappa shape index (κ3) is 2.48. The van der Waals surface area contributed by atoms with Gasteiger partial charge in [-0.1, -0.05) is 11.6 Å². The molecule has 0 heterocycles. The molecule has 1 amide bonds. The van der Waals surface area contributed by atoms with Gasteiger partial charge in [-0.3, -0.25) is 9.59 Å². The van der Waals surface area contributed by atoms with Gasteiger partial charge in [0.1, 0.15) is 11.6 Å². The van der Waals surface area contributed by atoms with Crippen LogP contribution < -0.4 is 5.32 Å². The maximum Gasteiger partial charge on any atom is 0.255 e. The fourth-order valence-electron chi connectivity index (χ4n) is 2.53. The lowest BCUT2D eigenvalue weighted by Gasteiger charge is -2.10. The minimum Gasteiger partial charge on any atom is -0.322 e. The molecule has 0 bridgehead atoms. The molecule has 22 heavy (non-hydrogen) atoms. The summed E-state index contributed by atoms with van der Waals surface area (Å²) >= 11 is 5.66. The average Bonchev–Trinajstić information content (AvgIpc) is 2.86. The van der Waals surface area contributed by atoms with E-state index in [1.807, 2.05) is 0 Å². The predicted octanol–water partition coefficient (Wildman–Crippen LogP) is 4.00. The Hall–Kier alpha value is -2.27. The summed E-state index contributed by atoms with van der Waals surface area (Å²) in [5.74, 6) is -1.99. The highest BCUT2D eigenvalue weighted by Gasteiger charge is 2.28. The van der Waals surface area contributed by atoms with Crippen LogP contribution >= 0.6 is 11.6 Å². The van der Waals surface area contributed by atoms with Crippen molar-refractivity contribution in [2.45, 2.75) is 12.8 Å². The molecule has 0 unspecified atom stereocenters. The molecule has 0 saturated heterocycles. The predicted molar refractivity (Wildman–Crippen MR) is 78.4 cm³/mol. The second-order valence-electron chi connectivity index (χ2n) is 4.95. The molecule has 3 rings (SSSR count). The van der Waals surface area contributed by atoms with Gasteiger partial charge < -0.3 is 5.32 Å². The third-order valence-corrected chi connectivity index (χ3v) is 3.85. The number of ketones is 1. The Morgan fingerprint density at radius 1 is 1.09 bits per heavy atom. The van der Waals surface area contributed by atoms with Gasteiger partial charge in [0, 0.05) is 17.7 Å². The number of halogens is 3. The van der Waals surface area contributed by atoms with Crippen molar-refractivity contribution in [2.24, 2.45) is 0 Å². The number of fused-ring (bicyclic) bond motifs is 1. The van der Waals surface area contributed by atoms with Gasteiger partial charge in [-0.05, 0) is 42.3 Å². The summed E-state index contributed by atoms with van der Waals surface area (Å²) in [5, 5.41) is 2.45. The Balaban J connectivity index is 1.93. The Kier molecular flexibility index (Phi) is 3.66. The van der Waals surface area contributed by atoms with Crippen molar-refractivity contribution in [3.8, 4) is 0 Å². The van der Waals surface area contributed by atoms with Crippen LogP contribution in [0.25, 0.3) is 0 Å². The molecule has 1 aliphatic rings. The van der Waals surface area contributed by atoms with E-state index in [0.29, 0.717) is 17.7 Å². The number of Topliss-reactive ketones (excluding diaryl/α,β-unsaturated/α-hetero) is 1. The highest BCUT2D eigenvalue weighted by molar-refractivity contribution is 6.31. The largest absolute Gasteiger partial charge is 0.322 e. The standard InChI is InChI=1S/C16H10ClF2NO2/c17-11-7-8(1-4-12(11)18)20-16(22)10-2-5-13(19)15-9(10)3-6-14(15)21/h1-2,4-5,7H,3,6H2,(H,20,22). The van der Waals surface area contributed by atoms with E-state index >= 15 is 0 Å². The van der Waals surface area contributed by atoms with Crippen molar-refractivity contribution in [3.63, 3.8) is 0 Å². The summed E-state index contributed by atoms with van der Waals surface area (Å²) in [6.45, 7) is 0. The number of nitrogens with one attached hydrogen (secondary N) is 1. The van der Waals surface area contributed by atoms with Crippen LogP contribution in [0.2, 0.25) is 5.02 Å². The highest BCUT2D eigenvalue weighted by Crippen LogP contribution is 2.29. The average molecular weight is 322 g/mol. The van der Waals surface area contributed by atoms with E-state index in [9.17, 15) is 18.4 Å². The summed E-state index contributed by atoms with van der Waals surface area (Å²) < 4.78 is 26.8. The van der Waals surface area contributed by atoms with Crippen LogP contribution in [0.5, 0.6) is 0 Å². The van der Waals surface area contributed by atoms with E-state index in [2.05, 4.69) is 5.32 Å². The molecule has 2 aromatic rings. The summed E-state index contributed by atoms with van der Waals surface area (Å²) in [7, 11) is 0. The number of hydrogen-bond donors (Lipinski definition) is 1. The van der Waals surface area contributed by atoms with Crippen LogP contribution in [0.4, 0.5) is 14.5 Å². The van der Waals surface area contributed by atoms with Crippen LogP contribution in [0.15, 0.2) is 30.3 Å². The summed E-state index contributed by atoms with van der Waals surface area (Å²) in [5.41, 5.74) is 0.960. The van der Waals surface area contributed by atoms with Crippen LogP contribution in [0.3, 0.4) is 0 Å². The molecule has 0 radical (unpaired) electrons. The van der Waals surface area contributed by atoms with E-state index < -0.39 is 17.5 Å². The maximum absolute atomic E-state index is 13.7. The Labute approximate surface area is 129 Å². The summed E-state index contributed by atoms with van der Waals surface area (Å²) in [6, 6.07) is 6.23. The quantitative estimate of drug-likeness (QED) is 0.908. The van der Waals surface area contributed by atoms with Gasteiger partial charge in [-0.2, -0.15) is 0 Å². The SMILES string of the molecule is O=C(Nc1ccc(F)c(Cl)c1)c1ccc(F)c2c1CCC2=O. The Bertz CT molecular complexity index is 805. The number of anilines is 1. The van der Waals surface area contributed by atoms with Crippen LogP contribution in [-0.2, 0) is 6.42 Å². The number of carbonyl (C=O) groups is 2. The van der Waals surface area contributed by atoms with E-state index in [1.165, 1.54) is 18.2 Å². The fraction of sp³-hybridized carbons (Fsp3) is 0.125. The minimum absolute atomic E-state index is 0.00946. The van der Waals surface area contributed by atoms with Crippen molar-refractivity contribution in [1.82, 2.24) is 0 Å². The molecule has 2 aromatic carbocycles. The second kappa shape index (κ2) is 5.50. The van der Waals surface area contributed by atoms with Crippen LogP contribution in [-0.4, -0.2) is 11.7 Å². The fourth-order valence-corrected chi connectivity index (χ4v) is 2.71. The molecule has 1 aliphatic carbocycles. The Morgan fingerprint density at radius 2 is 1.82 bits per heavy atom. The van der Waals surface area contributed by atoms with Gasteiger partial charge >= 0.3 is 0 Å². The lowest BCUT2D eigenvalue weighted by atomic mass is 10.0. The number of carbonyl (C=O) groups excluding carboxylic acids is 2. The molecule has 0 saturated carbocycles. The first-order valence-corrected chi connectivity index (χ1v) is 6.96. The van der Waals surface area contributed by atoms with Crippen LogP contribution in [0, 0.1) is 11.6 Å². The lowest BCUT2D eigenvalue weighted by Crippen LogP contribution is -2.15. The zero-order valence-corrected chi connectivity index (χ0v) is 12.0. The van der Waals surface area contributed by atoms with Gasteiger partial charge in [0.25, 0.3) is 5.91 Å². The molecular weight excluding hydrogens is 312 g/mol. The van der Waals surface area contributed by atoms with Crippen molar-refractivity contribution in [1.29, 1.82) is 0 Å². The molecule has 1 N–H and O–H groups in total. The van der Waals surface area contributed by atoms with E-state index in [0.717, 1.165) is 12.1 Å². The van der Waals surface area contributed by atoms with Crippen LogP contribution in [0.1, 0.15) is 32.7 Å². The monoisotopic (exact) mass is 321 g/mol. The maximum atomic E-state index is 13.7. The summed E-state index contributed by atoms with van der Waals surface area (Å²) in [4.78, 5) is 24.0. The number of rotatable bonds is 2. The van der Waals surface area contributed by atoms with E-state index in [1.54, 1.807) is 0 Å². The first kappa shape index (κ1) is 14.7. The zero-order chi connectivity index (χ0) is 15.9. The molecule has 0 spiro atoms. The smallest absolute Gasteiger partial charge is 0.255 e. The Morgan fingerprint density at radius 3 is 2.55 bits per heavy atom. The lowest BCUT2D eigenvalue weighted by molar-refractivity contribution is 0.0990. The normalized spacial score (nSPS) is 13.1. The molecule has 3 nitrogen and oxygen atoms in total. The third-order valence-electron chi connectivity index (χ3n) is 3.57. The van der Waals surface area contributed by atoms with Crippen molar-refractivity contribution in [3.05, 3.63) is 63.7 Å². The number of amides is 1. The van der Waals surface area contributed by atoms with Gasteiger partial charge in [0.15, 0.2) is 5.78 Å². The van der Waals surface area contributed by atoms with E-state index in [-0.39, 0.29) is 28.4 Å². The molecule has 0 aromatic heterocycles. The molecule has 6 heteroatoms. The van der Waals surface area contributed by atoms with Crippen molar-refractivity contribution in [2.75, 3.05) is 5.32 Å². The molecule has 112 valence electrons. The summed E-state index contributed by atoms with van der Waals surface area (Å²) in [6.07, 6.45) is 0.526. The molecule has 0 aliphatic heterocycles. The molecule has 0 atom stereocenters. The number of benzene rings is 2. The van der Waals surface area contributed by atoms with Gasteiger partial charge in [0.2, 0.25) is 0 Å².